The quantitative estimate of drug-likeness (QED) is 0.0214. The van der Waals surface area contributed by atoms with Crippen molar-refractivity contribution in [1.82, 2.24) is 39.6 Å². The van der Waals surface area contributed by atoms with E-state index in [1.807, 2.05) is 24.3 Å². The first kappa shape index (κ1) is 63.3. The number of unbranched alkanes of at least 4 members (excludes halogenated alkanes) is 2. The fourth-order valence-corrected chi connectivity index (χ4v) is 15.1. The van der Waals surface area contributed by atoms with Crippen molar-refractivity contribution < 1.29 is 42.0 Å². The van der Waals surface area contributed by atoms with Gasteiger partial charge in [-0.1, -0.05) is 49.2 Å². The fourth-order valence-electron chi connectivity index (χ4n) is 14.0. The minimum absolute atomic E-state index is 0.0446. The Morgan fingerprint density at radius 3 is 2.40 bits per heavy atom. The first-order chi connectivity index (χ1) is 43.9. The number of nitro benzene ring substituents is 1. The number of benzene rings is 4. The number of hydrogen-bond donors (Lipinski definition) is 4. The maximum atomic E-state index is 14.2. The van der Waals surface area contributed by atoms with Gasteiger partial charge >= 0.3 is 0 Å². The van der Waals surface area contributed by atoms with Gasteiger partial charge in [0.15, 0.2) is 0 Å². The molecule has 4 fully saturated rings. The lowest BCUT2D eigenvalue weighted by atomic mass is 9.72. The van der Waals surface area contributed by atoms with Gasteiger partial charge in [-0.15, -0.1) is 0 Å². The van der Waals surface area contributed by atoms with E-state index in [4.69, 9.17) is 21.1 Å². The molecule has 4 aromatic carbocycles. The number of ether oxygens (including phenoxy) is 2. The molecule has 4 N–H and O–H groups in total. The van der Waals surface area contributed by atoms with Crippen LogP contribution in [0.1, 0.15) is 123 Å². The molecule has 1 saturated carbocycles. The smallest absolute Gasteiger partial charge is 0.293 e. The summed E-state index contributed by atoms with van der Waals surface area (Å²) < 4.78 is 42.8. The summed E-state index contributed by atoms with van der Waals surface area (Å²) in [6, 6.07) is 25.8. The second-order valence-corrected chi connectivity index (χ2v) is 28.1. The molecule has 3 saturated heterocycles. The predicted molar refractivity (Wildman–Crippen MR) is 349 cm³/mol. The number of aromatic amines is 1. The number of piperidine rings is 1. The standard InChI is InChI=1S/C68H80ClN11O10S/c1-68(2)25-23-48(56(40-68)46-11-13-49(69)14-12-46)43-76-30-34-78(35-31-76)51-17-19-55(62(38-51)90-52-37-47-24-26-70-64(47)72-42-52)65(82)74-91(87,88)53-18-20-58(60(39-53)80(85)86)71-41-45-9-15-50(16-10-45)77-32-28-75(29-33-77)27-4-3-5-36-89-61-8-6-7-54-57(61)44-79(67(54)84)59-21-22-63(81)73-66(59)83/h6-8,11-14,17-20,24,26,37-39,42,45,50,59,71H,3-5,9-10,15-16,21-23,25,27-36,40-41,43-44H2,1-2H3,(H,70,72)(H,74,82)(H,73,81,83)/t45-,50+,59?. The normalized spacial score (nSPS) is 21.0. The number of H-pyrrole nitrogens is 1. The van der Waals surface area contributed by atoms with Crippen LogP contribution in [-0.4, -0.2) is 157 Å². The molecule has 6 heterocycles. The molecule has 21 nitrogen and oxygen atoms in total. The summed E-state index contributed by atoms with van der Waals surface area (Å²) in [7, 11) is -4.62. The number of sulfonamides is 1. The Morgan fingerprint density at radius 2 is 1.63 bits per heavy atom. The van der Waals surface area contributed by atoms with Gasteiger partial charge < -0.3 is 34.5 Å². The highest BCUT2D eigenvalue weighted by molar-refractivity contribution is 7.90. The number of fused-ring (bicyclic) bond motifs is 2. The molecule has 2 aromatic heterocycles. The van der Waals surface area contributed by atoms with Crippen LogP contribution in [0.3, 0.4) is 0 Å². The Labute approximate surface area is 536 Å². The number of amides is 4. The SMILES string of the molecule is CC1(C)CCC(CN2CCN(c3ccc(C(=O)NS(=O)(=O)c4ccc(NC[C@H]5CC[C@@H](N6CCN(CCCCCOc7cccc8c7CN(C7CCC(=O)NC7=O)C8=O)CC6)CC5)c([N+](=O)[O-])c4)c(Oc4cnc5[nH]ccc5c4)c3)CC2)=C(c2ccc(Cl)cc2)C1. The van der Waals surface area contributed by atoms with Gasteiger partial charge in [0, 0.05) is 123 Å². The molecule has 480 valence electrons. The molecule has 1 atom stereocenters. The number of hydrogen-bond acceptors (Lipinski definition) is 16. The van der Waals surface area contributed by atoms with Crippen molar-refractivity contribution in [3.63, 3.8) is 0 Å². The zero-order valence-electron chi connectivity index (χ0n) is 51.7. The summed E-state index contributed by atoms with van der Waals surface area (Å²) in [5.41, 5.74) is 6.83. The number of halogens is 1. The van der Waals surface area contributed by atoms with E-state index in [1.54, 1.807) is 47.5 Å². The summed E-state index contributed by atoms with van der Waals surface area (Å²) in [5.74, 6) is -0.506. The first-order valence-electron chi connectivity index (χ1n) is 32.0. The van der Waals surface area contributed by atoms with Gasteiger partial charge in [-0.25, -0.2) is 18.1 Å². The summed E-state index contributed by atoms with van der Waals surface area (Å²) in [6.45, 7) is 14.9. The molecular formula is C68H80ClN11O10S. The highest BCUT2D eigenvalue weighted by Gasteiger charge is 2.41. The average Bonchev–Trinajstić information content (AvgIpc) is 1.77. The van der Waals surface area contributed by atoms with Crippen molar-refractivity contribution in [3.05, 3.63) is 146 Å². The van der Waals surface area contributed by atoms with Crippen molar-refractivity contribution in [1.29, 1.82) is 0 Å². The molecule has 4 aliphatic heterocycles. The van der Waals surface area contributed by atoms with Crippen molar-refractivity contribution in [2.45, 2.75) is 114 Å². The molecule has 23 heteroatoms. The minimum Gasteiger partial charge on any atom is -0.493 e. The zero-order valence-corrected chi connectivity index (χ0v) is 53.3. The highest BCUT2D eigenvalue weighted by atomic mass is 35.5. The average molecular weight is 1280 g/mol. The number of anilines is 2. The molecule has 12 rings (SSSR count). The number of imide groups is 1. The number of aromatic nitrogens is 2. The van der Waals surface area contributed by atoms with Crippen LogP contribution < -0.4 is 29.7 Å². The number of allylic oxidation sites excluding steroid dienone is 1. The van der Waals surface area contributed by atoms with Crippen molar-refractivity contribution in [2.24, 2.45) is 11.3 Å². The number of pyridine rings is 1. The molecule has 4 amide bonds. The molecule has 0 radical (unpaired) electrons. The van der Waals surface area contributed by atoms with Gasteiger partial charge in [-0.3, -0.25) is 44.4 Å². The second-order valence-electron chi connectivity index (χ2n) is 26.0. The summed E-state index contributed by atoms with van der Waals surface area (Å²) in [6.07, 6.45) is 13.9. The van der Waals surface area contributed by atoms with Crippen LogP contribution >= 0.6 is 11.6 Å². The van der Waals surface area contributed by atoms with Crippen molar-refractivity contribution in [3.8, 4) is 17.2 Å². The van der Waals surface area contributed by atoms with Gasteiger partial charge in [0.1, 0.15) is 34.6 Å². The number of carbonyl (C=O) groups is 4. The zero-order chi connectivity index (χ0) is 63.4. The molecule has 0 spiro atoms. The third-order valence-electron chi connectivity index (χ3n) is 19.3. The lowest BCUT2D eigenvalue weighted by Gasteiger charge is -2.42. The Balaban J connectivity index is 0.603. The van der Waals surface area contributed by atoms with E-state index in [9.17, 15) is 37.7 Å². The van der Waals surface area contributed by atoms with Gasteiger partial charge in [0.25, 0.3) is 27.5 Å². The molecule has 91 heavy (non-hydrogen) atoms. The van der Waals surface area contributed by atoms with Crippen LogP contribution in [0.15, 0.2) is 114 Å². The van der Waals surface area contributed by atoms with Gasteiger partial charge in [0.05, 0.1) is 34.7 Å². The number of carbonyl (C=O) groups excluding carboxylic acids is 4. The Hall–Kier alpha value is -7.89. The van der Waals surface area contributed by atoms with E-state index in [1.165, 1.54) is 35.0 Å². The lowest BCUT2D eigenvalue weighted by Crippen LogP contribution is -2.52. The van der Waals surface area contributed by atoms with Crippen LogP contribution in [0.5, 0.6) is 17.2 Å². The van der Waals surface area contributed by atoms with Crippen LogP contribution in [0.2, 0.25) is 5.02 Å². The third kappa shape index (κ3) is 14.9. The van der Waals surface area contributed by atoms with Crippen molar-refractivity contribution >= 4 is 78.9 Å². The number of nitro groups is 1. The van der Waals surface area contributed by atoms with E-state index in [2.05, 4.69) is 70.9 Å². The Kier molecular flexibility index (Phi) is 19.1. The largest absolute Gasteiger partial charge is 0.493 e. The summed E-state index contributed by atoms with van der Waals surface area (Å²) in [5, 5.41) is 19.7. The molecule has 0 bridgehead atoms. The van der Waals surface area contributed by atoms with Gasteiger partial charge in [0.2, 0.25) is 11.8 Å². The fraction of sp³-hybridized carbons (Fsp3) is 0.456. The maximum absolute atomic E-state index is 14.2. The summed E-state index contributed by atoms with van der Waals surface area (Å²) >= 11 is 6.28. The van der Waals surface area contributed by atoms with Crippen LogP contribution in [-0.2, 0) is 26.2 Å². The third-order valence-corrected chi connectivity index (χ3v) is 20.9. The minimum atomic E-state index is -4.62. The molecule has 2 aliphatic carbocycles. The lowest BCUT2D eigenvalue weighted by molar-refractivity contribution is -0.384. The number of rotatable bonds is 22. The highest BCUT2D eigenvalue weighted by Crippen LogP contribution is 2.44. The van der Waals surface area contributed by atoms with E-state index in [-0.39, 0.29) is 53.1 Å². The summed E-state index contributed by atoms with van der Waals surface area (Å²) in [4.78, 5) is 82.1. The van der Waals surface area contributed by atoms with Crippen LogP contribution in [0.25, 0.3) is 16.6 Å². The topological polar surface area (TPSA) is 245 Å². The van der Waals surface area contributed by atoms with E-state index < -0.39 is 43.4 Å². The van der Waals surface area contributed by atoms with E-state index >= 15 is 0 Å². The van der Waals surface area contributed by atoms with Gasteiger partial charge in [-0.05, 0) is 160 Å². The van der Waals surface area contributed by atoms with E-state index in [0.29, 0.717) is 61.4 Å². The molecular weight excluding hydrogens is 1200 g/mol. The predicted octanol–water partition coefficient (Wildman–Crippen LogP) is 10.4. The monoisotopic (exact) mass is 1280 g/mol. The van der Waals surface area contributed by atoms with Crippen LogP contribution in [0, 0.1) is 21.4 Å². The number of nitrogens with one attached hydrogen (secondary N) is 4. The van der Waals surface area contributed by atoms with Crippen LogP contribution in [0.4, 0.5) is 17.1 Å². The van der Waals surface area contributed by atoms with Crippen molar-refractivity contribution in [2.75, 3.05) is 88.8 Å². The number of nitrogens with zero attached hydrogens (tertiary/aromatic N) is 7. The molecule has 6 aliphatic rings. The number of piperazine rings is 2. The maximum Gasteiger partial charge on any atom is 0.293 e. The second kappa shape index (κ2) is 27.5. The molecule has 1 unspecified atom stereocenters. The van der Waals surface area contributed by atoms with Gasteiger partial charge in [-0.2, -0.15) is 0 Å². The van der Waals surface area contributed by atoms with E-state index in [0.717, 1.165) is 144 Å². The Bertz CT molecular complexity index is 3850. The Morgan fingerprint density at radius 1 is 0.846 bits per heavy atom. The molecule has 6 aromatic rings. The first-order valence-corrected chi connectivity index (χ1v) is 33.9.